The van der Waals surface area contributed by atoms with E-state index < -0.39 is 0 Å². The van der Waals surface area contributed by atoms with Gasteiger partial charge in [0.1, 0.15) is 0 Å². The summed E-state index contributed by atoms with van der Waals surface area (Å²) >= 11 is 0. The fourth-order valence-electron chi connectivity index (χ4n) is 3.52. The molecule has 0 atom stereocenters. The molecule has 0 bridgehead atoms. The highest BCUT2D eigenvalue weighted by Crippen LogP contribution is 2.49. The van der Waals surface area contributed by atoms with Crippen LogP contribution in [0.2, 0.25) is 5.82 Å². The van der Waals surface area contributed by atoms with Crippen LogP contribution in [0, 0.1) is 5.41 Å². The van der Waals surface area contributed by atoms with E-state index in [0.717, 1.165) is 13.2 Å². The molecule has 0 unspecified atom stereocenters. The molecule has 0 spiro atoms. The van der Waals surface area contributed by atoms with Crippen LogP contribution in [0.25, 0.3) is 0 Å². The monoisotopic (exact) mass is 296 g/mol. The van der Waals surface area contributed by atoms with E-state index in [2.05, 4.69) is 41.5 Å². The minimum Gasteiger partial charge on any atom is -0.403 e. The molecular weight excluding hydrogens is 263 g/mol. The molecule has 4 heteroatoms. The Hall–Kier alpha value is -0.0551. The van der Waals surface area contributed by atoms with Crippen molar-refractivity contribution in [3.8, 4) is 0 Å². The van der Waals surface area contributed by atoms with Gasteiger partial charge in [-0.1, -0.05) is 19.8 Å². The lowest BCUT2D eigenvalue weighted by molar-refractivity contribution is 0.00578. The molecule has 0 amide bonds. The highest BCUT2D eigenvalue weighted by atomic mass is 16.7. The van der Waals surface area contributed by atoms with Crippen molar-refractivity contribution in [2.45, 2.75) is 90.7 Å². The molecule has 2 rings (SSSR count). The second-order valence-electron chi connectivity index (χ2n) is 7.95. The highest BCUT2D eigenvalue weighted by molar-refractivity contribution is 6.47. The van der Waals surface area contributed by atoms with E-state index in [1.807, 2.05) is 0 Å². The first kappa shape index (κ1) is 17.3. The summed E-state index contributed by atoms with van der Waals surface area (Å²) in [5.74, 6) is 0.535. The van der Waals surface area contributed by atoms with Crippen molar-refractivity contribution in [3.05, 3.63) is 0 Å². The number of hydrogen-bond donors (Lipinski definition) is 0. The molecule has 1 heterocycles. The molecule has 0 radical (unpaired) electrons. The van der Waals surface area contributed by atoms with Crippen LogP contribution in [0.5, 0.6) is 0 Å². The van der Waals surface area contributed by atoms with Crippen LogP contribution in [-0.2, 0) is 14.0 Å². The average molecular weight is 296 g/mol. The van der Waals surface area contributed by atoms with Gasteiger partial charge < -0.3 is 14.0 Å². The maximum absolute atomic E-state index is 6.23. The first-order valence-electron chi connectivity index (χ1n) is 8.69. The third-order valence-electron chi connectivity index (χ3n) is 6.11. The van der Waals surface area contributed by atoms with Crippen LogP contribution >= 0.6 is 0 Å². The maximum atomic E-state index is 6.23. The Morgan fingerprint density at radius 2 is 1.52 bits per heavy atom. The molecule has 2 aliphatic rings. The minimum absolute atomic E-state index is 0.0306. The van der Waals surface area contributed by atoms with Crippen LogP contribution < -0.4 is 0 Å². The summed E-state index contributed by atoms with van der Waals surface area (Å²) in [6.45, 7) is 14.7. The van der Waals surface area contributed by atoms with Crippen molar-refractivity contribution < 1.29 is 14.0 Å². The van der Waals surface area contributed by atoms with E-state index in [9.17, 15) is 0 Å². The Morgan fingerprint density at radius 1 is 1.00 bits per heavy atom. The Bertz CT molecular complexity index is 330. The molecule has 2 fully saturated rings. The highest BCUT2D eigenvalue weighted by Gasteiger charge is 2.54. The van der Waals surface area contributed by atoms with E-state index in [1.54, 1.807) is 0 Å². The first-order chi connectivity index (χ1) is 9.75. The zero-order chi connectivity index (χ0) is 15.7. The zero-order valence-corrected chi connectivity index (χ0v) is 14.8. The molecule has 0 N–H and O–H groups in total. The lowest BCUT2D eigenvalue weighted by Crippen LogP contribution is -2.41. The van der Waals surface area contributed by atoms with E-state index in [1.165, 1.54) is 32.1 Å². The second kappa shape index (κ2) is 6.21. The molecule has 122 valence electrons. The molecule has 0 aromatic carbocycles. The fraction of sp³-hybridized carbons (Fsp3) is 1.00. The van der Waals surface area contributed by atoms with Crippen LogP contribution in [0.1, 0.15) is 73.6 Å². The van der Waals surface area contributed by atoms with Gasteiger partial charge in [-0.25, -0.2) is 0 Å². The van der Waals surface area contributed by atoms with Crippen molar-refractivity contribution in [2.24, 2.45) is 5.41 Å². The molecule has 1 saturated carbocycles. The predicted octanol–water partition coefficient (Wildman–Crippen LogP) is 4.46. The van der Waals surface area contributed by atoms with Gasteiger partial charge in [0.15, 0.2) is 0 Å². The summed E-state index contributed by atoms with van der Waals surface area (Å²) in [5, 5.41) is 0. The van der Waals surface area contributed by atoms with Crippen LogP contribution in [-0.4, -0.2) is 31.5 Å². The molecule has 1 aliphatic carbocycles. The Labute approximate surface area is 131 Å². The zero-order valence-electron chi connectivity index (χ0n) is 14.8. The normalized spacial score (nSPS) is 35.1. The Morgan fingerprint density at radius 3 is 1.95 bits per heavy atom. The van der Waals surface area contributed by atoms with Crippen molar-refractivity contribution in [1.82, 2.24) is 0 Å². The molecule has 0 aromatic rings. The summed E-state index contributed by atoms with van der Waals surface area (Å²) in [5.41, 5.74) is -0.0271. The Balaban J connectivity index is 1.93. The first-order valence-corrected chi connectivity index (χ1v) is 8.69. The van der Waals surface area contributed by atoms with E-state index in [4.69, 9.17) is 14.0 Å². The van der Waals surface area contributed by atoms with Gasteiger partial charge in [0.05, 0.1) is 17.8 Å². The van der Waals surface area contributed by atoms with E-state index in [0.29, 0.717) is 11.2 Å². The third-order valence-corrected chi connectivity index (χ3v) is 6.11. The molecule has 1 aliphatic heterocycles. The van der Waals surface area contributed by atoms with Gasteiger partial charge in [0, 0.05) is 6.61 Å². The molecule has 0 aromatic heterocycles. The SMILES string of the molecule is CCOCC1(CC)CCC(B2OC(C)(C)C(C)(C)O2)CC1. The van der Waals surface area contributed by atoms with Crippen molar-refractivity contribution >= 4 is 7.12 Å². The topological polar surface area (TPSA) is 27.7 Å². The smallest absolute Gasteiger partial charge is 0.403 e. The molecular formula is C17H33BO3. The molecule has 1 saturated heterocycles. The summed E-state index contributed by atoms with van der Waals surface area (Å²) in [4.78, 5) is 0. The summed E-state index contributed by atoms with van der Waals surface area (Å²) in [6, 6.07) is 0. The van der Waals surface area contributed by atoms with Gasteiger partial charge in [-0.05, 0) is 65.1 Å². The average Bonchev–Trinajstić information content (AvgIpc) is 2.66. The molecule has 3 nitrogen and oxygen atoms in total. The largest absolute Gasteiger partial charge is 0.461 e. The van der Waals surface area contributed by atoms with Crippen molar-refractivity contribution in [2.75, 3.05) is 13.2 Å². The summed E-state index contributed by atoms with van der Waals surface area (Å²) in [7, 11) is -0.0306. The number of hydrogen-bond acceptors (Lipinski definition) is 3. The van der Waals surface area contributed by atoms with Gasteiger partial charge in [-0.15, -0.1) is 0 Å². The van der Waals surface area contributed by atoms with Crippen LogP contribution in [0.4, 0.5) is 0 Å². The predicted molar refractivity (Wildman–Crippen MR) is 87.5 cm³/mol. The molecule has 21 heavy (non-hydrogen) atoms. The number of rotatable bonds is 5. The lowest BCUT2D eigenvalue weighted by Gasteiger charge is -2.39. The maximum Gasteiger partial charge on any atom is 0.461 e. The quantitative estimate of drug-likeness (QED) is 0.701. The third kappa shape index (κ3) is 3.48. The standard InChI is InChI=1S/C17H33BO3/c1-7-17(13-19-8-2)11-9-14(10-12-17)18-20-15(3,4)16(5,6)21-18/h14H,7-13H2,1-6H3. The van der Waals surface area contributed by atoms with Gasteiger partial charge in [0.25, 0.3) is 0 Å². The van der Waals surface area contributed by atoms with Gasteiger partial charge >= 0.3 is 7.12 Å². The second-order valence-corrected chi connectivity index (χ2v) is 7.95. The van der Waals surface area contributed by atoms with Crippen LogP contribution in [0.3, 0.4) is 0 Å². The summed E-state index contributed by atoms with van der Waals surface area (Å²) < 4.78 is 18.2. The number of ether oxygens (including phenoxy) is 1. The van der Waals surface area contributed by atoms with E-state index >= 15 is 0 Å². The van der Waals surface area contributed by atoms with Gasteiger partial charge in [0.2, 0.25) is 0 Å². The van der Waals surface area contributed by atoms with Gasteiger partial charge in [-0.2, -0.15) is 0 Å². The Kier molecular flexibility index (Phi) is 5.12. The van der Waals surface area contributed by atoms with Crippen molar-refractivity contribution in [3.63, 3.8) is 0 Å². The lowest BCUT2D eigenvalue weighted by atomic mass is 9.58. The van der Waals surface area contributed by atoms with Crippen molar-refractivity contribution in [1.29, 1.82) is 0 Å². The minimum atomic E-state index is -0.206. The van der Waals surface area contributed by atoms with E-state index in [-0.39, 0.29) is 18.3 Å². The van der Waals surface area contributed by atoms with Crippen LogP contribution in [0.15, 0.2) is 0 Å². The fourth-order valence-corrected chi connectivity index (χ4v) is 3.52. The summed E-state index contributed by atoms with van der Waals surface area (Å²) in [6.07, 6.45) is 6.06. The van der Waals surface area contributed by atoms with Gasteiger partial charge in [-0.3, -0.25) is 0 Å².